The molecule has 0 radical (unpaired) electrons. The van der Waals surface area contributed by atoms with Gasteiger partial charge in [-0.2, -0.15) is 0 Å². The fourth-order valence-corrected chi connectivity index (χ4v) is 9.76. The van der Waals surface area contributed by atoms with Gasteiger partial charge in [-0.15, -0.1) is 0 Å². The van der Waals surface area contributed by atoms with Crippen LogP contribution in [0.5, 0.6) is 0 Å². The van der Waals surface area contributed by atoms with Crippen LogP contribution in [0.2, 0.25) is 0 Å². The molecule has 0 amide bonds. The van der Waals surface area contributed by atoms with Crippen LogP contribution in [0.25, 0.3) is 88.4 Å². The molecule has 0 unspecified atom stereocenters. The van der Waals surface area contributed by atoms with Gasteiger partial charge in [0.2, 0.25) is 0 Å². The van der Waals surface area contributed by atoms with Gasteiger partial charge in [0.05, 0.1) is 16.8 Å². The van der Waals surface area contributed by atoms with E-state index in [4.69, 9.17) is 8.83 Å². The quantitative estimate of drug-likeness (QED) is 0.169. The highest BCUT2D eigenvalue weighted by molar-refractivity contribution is 6.14. The topological polar surface area (TPSA) is 29.5 Å². The van der Waals surface area contributed by atoms with E-state index in [1.54, 1.807) is 0 Å². The van der Waals surface area contributed by atoms with Crippen molar-refractivity contribution in [2.24, 2.45) is 0 Å². The number of nitrogens with zero attached hydrogens (tertiary/aromatic N) is 1. The number of para-hydroxylation sites is 3. The molecular weight excluding hydrogens is 731 g/mol. The number of hydrogen-bond donors (Lipinski definition) is 0. The molecule has 1 aliphatic rings. The summed E-state index contributed by atoms with van der Waals surface area (Å²) in [6.45, 7) is 4.70. The van der Waals surface area contributed by atoms with Gasteiger partial charge in [-0.3, -0.25) is 0 Å². The lowest BCUT2D eigenvalue weighted by Crippen LogP contribution is -2.17. The van der Waals surface area contributed by atoms with E-state index in [2.05, 4.69) is 201 Å². The van der Waals surface area contributed by atoms with E-state index in [-0.39, 0.29) is 5.41 Å². The average Bonchev–Trinajstić information content (AvgIpc) is 3.95. The summed E-state index contributed by atoms with van der Waals surface area (Å²) in [7, 11) is 0. The summed E-state index contributed by atoms with van der Waals surface area (Å²) in [5.74, 6) is 0. The first-order chi connectivity index (χ1) is 29.5. The molecule has 1 aliphatic carbocycles. The smallest absolute Gasteiger partial charge is 0.143 e. The average molecular weight is 770 g/mol. The van der Waals surface area contributed by atoms with Crippen LogP contribution in [0.1, 0.15) is 25.0 Å². The van der Waals surface area contributed by atoms with Crippen molar-refractivity contribution in [3.63, 3.8) is 0 Å². The van der Waals surface area contributed by atoms with Crippen LogP contribution < -0.4 is 4.90 Å². The summed E-state index contributed by atoms with van der Waals surface area (Å²) in [4.78, 5) is 2.47. The highest BCUT2D eigenvalue weighted by atomic mass is 16.3. The van der Waals surface area contributed by atoms with E-state index >= 15 is 0 Å². The van der Waals surface area contributed by atoms with Crippen LogP contribution in [-0.2, 0) is 5.41 Å². The number of anilines is 3. The predicted octanol–water partition coefficient (Wildman–Crippen LogP) is 16.3. The highest BCUT2D eigenvalue weighted by Gasteiger charge is 2.36. The Bertz CT molecular complexity index is 3460. The van der Waals surface area contributed by atoms with Crippen molar-refractivity contribution in [2.75, 3.05) is 4.90 Å². The Hall–Kier alpha value is -7.62. The van der Waals surface area contributed by atoms with Crippen LogP contribution in [0.4, 0.5) is 17.1 Å². The molecule has 11 aromatic rings. The molecule has 0 aliphatic heterocycles. The van der Waals surface area contributed by atoms with Crippen molar-refractivity contribution in [2.45, 2.75) is 19.3 Å². The normalized spacial score (nSPS) is 13.0. The first kappa shape index (κ1) is 34.4. The Labute approximate surface area is 348 Å². The Morgan fingerprint density at radius 1 is 0.367 bits per heavy atom. The minimum atomic E-state index is -0.171. The van der Waals surface area contributed by atoms with E-state index in [9.17, 15) is 0 Å². The number of hydrogen-bond acceptors (Lipinski definition) is 3. The van der Waals surface area contributed by atoms with Crippen LogP contribution >= 0.6 is 0 Å². The summed E-state index contributed by atoms with van der Waals surface area (Å²) >= 11 is 0. The van der Waals surface area contributed by atoms with E-state index in [0.29, 0.717) is 0 Å². The summed E-state index contributed by atoms with van der Waals surface area (Å²) < 4.78 is 13.0. The third kappa shape index (κ3) is 5.22. The first-order valence-electron chi connectivity index (χ1n) is 20.7. The van der Waals surface area contributed by atoms with Gasteiger partial charge in [-0.1, -0.05) is 172 Å². The number of fused-ring (bicyclic) bond motifs is 9. The van der Waals surface area contributed by atoms with Crippen LogP contribution in [0, 0.1) is 0 Å². The molecule has 284 valence electrons. The van der Waals surface area contributed by atoms with Crippen molar-refractivity contribution in [1.29, 1.82) is 0 Å². The lowest BCUT2D eigenvalue weighted by molar-refractivity contribution is 0.660. The third-order valence-corrected chi connectivity index (χ3v) is 12.7. The zero-order chi connectivity index (χ0) is 40.0. The second-order valence-corrected chi connectivity index (χ2v) is 16.4. The van der Waals surface area contributed by atoms with Crippen LogP contribution in [0.3, 0.4) is 0 Å². The van der Waals surface area contributed by atoms with Crippen molar-refractivity contribution < 1.29 is 8.83 Å². The van der Waals surface area contributed by atoms with Gasteiger partial charge in [-0.05, 0) is 87.0 Å². The molecule has 12 rings (SSSR count). The van der Waals surface area contributed by atoms with Crippen LogP contribution in [0.15, 0.2) is 209 Å². The Kier molecular flexibility index (Phi) is 7.58. The number of benzene rings is 9. The van der Waals surface area contributed by atoms with Crippen LogP contribution in [-0.4, -0.2) is 0 Å². The van der Waals surface area contributed by atoms with E-state index in [1.807, 2.05) is 18.2 Å². The Morgan fingerprint density at radius 3 is 1.80 bits per heavy atom. The Balaban J connectivity index is 1.10. The lowest BCUT2D eigenvalue weighted by Gasteiger charge is -2.31. The maximum atomic E-state index is 6.54. The maximum absolute atomic E-state index is 6.54. The molecule has 3 heteroatoms. The van der Waals surface area contributed by atoms with Gasteiger partial charge >= 0.3 is 0 Å². The van der Waals surface area contributed by atoms with E-state index < -0.39 is 0 Å². The molecule has 0 saturated carbocycles. The molecule has 0 atom stereocenters. The predicted molar refractivity (Wildman–Crippen MR) is 250 cm³/mol. The van der Waals surface area contributed by atoms with Gasteiger partial charge in [0.15, 0.2) is 0 Å². The molecule has 0 saturated heterocycles. The largest absolute Gasteiger partial charge is 0.456 e. The molecule has 0 spiro atoms. The van der Waals surface area contributed by atoms with Gasteiger partial charge in [0, 0.05) is 38.4 Å². The summed E-state index contributed by atoms with van der Waals surface area (Å²) in [6.07, 6.45) is 0. The van der Waals surface area contributed by atoms with E-state index in [1.165, 1.54) is 22.3 Å². The SMILES string of the molecule is CC1(C)c2ccccc2-c2ccc(N(c3cc(-c4ccccc4)ccc3-c3ccc(-c4cccc5c4oc4ccccc45)cc3)c3cccc4oc5ccccc5c34)cc21. The van der Waals surface area contributed by atoms with Crippen molar-refractivity contribution in [3.05, 3.63) is 211 Å². The van der Waals surface area contributed by atoms with Gasteiger partial charge in [0.25, 0.3) is 0 Å². The minimum Gasteiger partial charge on any atom is -0.456 e. The summed E-state index contributed by atoms with van der Waals surface area (Å²) in [5.41, 5.74) is 18.6. The molecule has 0 bridgehead atoms. The molecule has 2 aromatic heterocycles. The van der Waals surface area contributed by atoms with Crippen molar-refractivity contribution >= 4 is 60.9 Å². The number of furan rings is 2. The second-order valence-electron chi connectivity index (χ2n) is 16.4. The zero-order valence-corrected chi connectivity index (χ0v) is 33.3. The van der Waals surface area contributed by atoms with Gasteiger partial charge < -0.3 is 13.7 Å². The molecule has 2 heterocycles. The fourth-order valence-electron chi connectivity index (χ4n) is 9.76. The fraction of sp³-hybridized carbons (Fsp3) is 0.0526. The number of rotatable bonds is 6. The van der Waals surface area contributed by atoms with Gasteiger partial charge in [0.1, 0.15) is 22.3 Å². The standard InChI is InChI=1S/C57H39NO2/c1-57(2)48-21-9-6-16-43(48)44-33-31-40(35-49(44)57)58(50-22-13-25-54-55(50)47-18-8-11-24-53(47)59-54)51-34-39(36-14-4-3-5-15-36)30-32-41(51)37-26-28-38(29-27-37)42-19-12-20-46-45-17-7-10-23-52(45)60-56(42)46/h3-35H,1-2H3. The summed E-state index contributed by atoms with van der Waals surface area (Å²) in [5, 5.41) is 4.44. The summed E-state index contributed by atoms with van der Waals surface area (Å²) in [6, 6.07) is 72.0. The Morgan fingerprint density at radius 2 is 0.967 bits per heavy atom. The molecule has 0 fully saturated rings. The lowest BCUT2D eigenvalue weighted by atomic mass is 9.82. The highest BCUT2D eigenvalue weighted by Crippen LogP contribution is 2.53. The maximum Gasteiger partial charge on any atom is 0.143 e. The van der Waals surface area contributed by atoms with Crippen molar-refractivity contribution in [3.8, 4) is 44.5 Å². The van der Waals surface area contributed by atoms with Crippen molar-refractivity contribution in [1.82, 2.24) is 0 Å². The molecule has 3 nitrogen and oxygen atoms in total. The third-order valence-electron chi connectivity index (χ3n) is 12.7. The first-order valence-corrected chi connectivity index (χ1v) is 20.7. The van der Waals surface area contributed by atoms with E-state index in [0.717, 1.165) is 94.3 Å². The molecule has 60 heavy (non-hydrogen) atoms. The molecule has 0 N–H and O–H groups in total. The zero-order valence-electron chi connectivity index (χ0n) is 33.3. The van der Waals surface area contributed by atoms with Gasteiger partial charge in [-0.25, -0.2) is 0 Å². The monoisotopic (exact) mass is 769 g/mol. The minimum absolute atomic E-state index is 0.171. The molecule has 9 aromatic carbocycles. The molecular formula is C57H39NO2. The second kappa shape index (κ2) is 13.2.